The van der Waals surface area contributed by atoms with Crippen LogP contribution in [0.15, 0.2) is 0 Å². The molecule has 2 amide bonds. The first-order valence-electron chi connectivity index (χ1n) is 7.43. The molecular formula is C15H26N2O3. The first kappa shape index (κ1) is 15.1. The number of carbonyl (C=O) groups is 2. The van der Waals surface area contributed by atoms with Gasteiger partial charge in [-0.2, -0.15) is 0 Å². The molecule has 5 nitrogen and oxygen atoms in total. The summed E-state index contributed by atoms with van der Waals surface area (Å²) in [5.74, 6) is -0.484. The number of carbonyl (C=O) groups excluding carboxylic acids is 1. The van der Waals surface area contributed by atoms with Crippen molar-refractivity contribution in [3.63, 3.8) is 0 Å². The third-order valence-electron chi connectivity index (χ3n) is 6.01. The number of aliphatic carboxylic acids is 1. The molecule has 0 aromatic rings. The van der Waals surface area contributed by atoms with E-state index in [0.29, 0.717) is 25.3 Å². The number of carboxylic acids is 1. The Morgan fingerprint density at radius 2 is 1.60 bits per heavy atom. The maximum Gasteiger partial charge on any atom is 0.329 e. The standard InChI is InChI=1S/C15H26N2O3/c1-13(2)10(14(13,3)4)9-16-12(20)17-15(11(18)19)7-5-6-8-15/h10H,5-9H2,1-4H3,(H,18,19)(H2,16,17,20). The van der Waals surface area contributed by atoms with Crippen molar-refractivity contribution in [2.24, 2.45) is 16.7 Å². The number of hydrogen-bond donors (Lipinski definition) is 3. The van der Waals surface area contributed by atoms with E-state index in [1.54, 1.807) is 0 Å². The largest absolute Gasteiger partial charge is 0.480 e. The molecule has 0 bridgehead atoms. The first-order valence-corrected chi connectivity index (χ1v) is 7.43. The van der Waals surface area contributed by atoms with E-state index in [4.69, 9.17) is 0 Å². The molecule has 0 aliphatic heterocycles. The van der Waals surface area contributed by atoms with E-state index in [9.17, 15) is 14.7 Å². The van der Waals surface area contributed by atoms with Crippen LogP contribution in [0.5, 0.6) is 0 Å². The molecule has 5 heteroatoms. The molecule has 2 saturated carbocycles. The van der Waals surface area contributed by atoms with Gasteiger partial charge in [0.25, 0.3) is 0 Å². The highest BCUT2D eigenvalue weighted by molar-refractivity contribution is 5.86. The summed E-state index contributed by atoms with van der Waals surface area (Å²) in [6, 6.07) is -0.354. The third kappa shape index (κ3) is 2.27. The zero-order valence-corrected chi connectivity index (χ0v) is 12.9. The van der Waals surface area contributed by atoms with Gasteiger partial charge < -0.3 is 15.7 Å². The van der Waals surface area contributed by atoms with E-state index in [1.165, 1.54) is 0 Å². The van der Waals surface area contributed by atoms with E-state index >= 15 is 0 Å². The molecule has 2 aliphatic rings. The molecule has 0 radical (unpaired) electrons. The highest BCUT2D eigenvalue weighted by Crippen LogP contribution is 2.67. The summed E-state index contributed by atoms with van der Waals surface area (Å²) in [5.41, 5.74) is -0.616. The zero-order valence-electron chi connectivity index (χ0n) is 12.9. The molecule has 114 valence electrons. The SMILES string of the molecule is CC1(C)C(CNC(=O)NC2(C(=O)O)CCCC2)C1(C)C. The Morgan fingerprint density at radius 3 is 2.00 bits per heavy atom. The minimum atomic E-state index is -1.06. The number of amides is 2. The summed E-state index contributed by atoms with van der Waals surface area (Å²) in [6.07, 6.45) is 2.76. The van der Waals surface area contributed by atoms with Gasteiger partial charge in [-0.1, -0.05) is 40.5 Å². The quantitative estimate of drug-likeness (QED) is 0.740. The maximum absolute atomic E-state index is 12.0. The fourth-order valence-corrected chi connectivity index (χ4v) is 3.67. The van der Waals surface area contributed by atoms with Crippen LogP contribution in [-0.4, -0.2) is 29.2 Å². The minimum Gasteiger partial charge on any atom is -0.480 e. The maximum atomic E-state index is 12.0. The molecule has 20 heavy (non-hydrogen) atoms. The molecule has 0 saturated heterocycles. The third-order valence-corrected chi connectivity index (χ3v) is 6.01. The second-order valence-corrected chi connectivity index (χ2v) is 7.43. The van der Waals surface area contributed by atoms with Crippen molar-refractivity contribution in [3.8, 4) is 0 Å². The molecule has 0 atom stereocenters. The second-order valence-electron chi connectivity index (χ2n) is 7.43. The van der Waals surface area contributed by atoms with E-state index in [0.717, 1.165) is 12.8 Å². The van der Waals surface area contributed by atoms with E-state index in [-0.39, 0.29) is 16.9 Å². The van der Waals surface area contributed by atoms with Crippen LogP contribution in [0.3, 0.4) is 0 Å². The summed E-state index contributed by atoms with van der Waals surface area (Å²) in [7, 11) is 0. The molecule has 2 rings (SSSR count). The first-order chi connectivity index (χ1) is 9.13. The van der Waals surface area contributed by atoms with Gasteiger partial charge in [-0.3, -0.25) is 0 Å². The van der Waals surface area contributed by atoms with Crippen LogP contribution in [0, 0.1) is 16.7 Å². The summed E-state index contributed by atoms with van der Waals surface area (Å²) in [4.78, 5) is 23.4. The average Bonchev–Trinajstić information content (AvgIpc) is 2.71. The Balaban J connectivity index is 1.86. The van der Waals surface area contributed by atoms with Gasteiger partial charge in [0, 0.05) is 6.54 Å². The van der Waals surface area contributed by atoms with Crippen molar-refractivity contribution in [2.75, 3.05) is 6.54 Å². The van der Waals surface area contributed by atoms with E-state index < -0.39 is 11.5 Å². The van der Waals surface area contributed by atoms with Crippen molar-refractivity contribution in [1.82, 2.24) is 10.6 Å². The lowest BCUT2D eigenvalue weighted by Gasteiger charge is -2.25. The smallest absolute Gasteiger partial charge is 0.329 e. The van der Waals surface area contributed by atoms with Crippen molar-refractivity contribution < 1.29 is 14.7 Å². The van der Waals surface area contributed by atoms with Crippen molar-refractivity contribution in [1.29, 1.82) is 0 Å². The Labute approximate surface area is 120 Å². The van der Waals surface area contributed by atoms with Crippen LogP contribution in [0.4, 0.5) is 4.79 Å². The molecule has 2 fully saturated rings. The van der Waals surface area contributed by atoms with E-state index in [1.807, 2.05) is 0 Å². The average molecular weight is 282 g/mol. The van der Waals surface area contributed by atoms with Gasteiger partial charge in [0.2, 0.25) is 0 Å². The molecule has 0 unspecified atom stereocenters. The van der Waals surface area contributed by atoms with Crippen LogP contribution < -0.4 is 10.6 Å². The van der Waals surface area contributed by atoms with Gasteiger partial charge in [0.1, 0.15) is 5.54 Å². The summed E-state index contributed by atoms with van der Waals surface area (Å²) >= 11 is 0. The van der Waals surface area contributed by atoms with Gasteiger partial charge in [0.05, 0.1) is 0 Å². The fraction of sp³-hybridized carbons (Fsp3) is 0.867. The predicted molar refractivity (Wildman–Crippen MR) is 76.4 cm³/mol. The number of nitrogens with one attached hydrogen (secondary N) is 2. The molecule has 0 spiro atoms. The fourth-order valence-electron chi connectivity index (χ4n) is 3.67. The van der Waals surface area contributed by atoms with Crippen LogP contribution in [-0.2, 0) is 4.79 Å². The molecule has 0 aromatic carbocycles. The Bertz CT molecular complexity index is 409. The van der Waals surface area contributed by atoms with Crippen molar-refractivity contribution in [3.05, 3.63) is 0 Å². The lowest BCUT2D eigenvalue weighted by molar-refractivity contribution is -0.144. The normalized spacial score (nSPS) is 26.0. The van der Waals surface area contributed by atoms with Crippen LogP contribution in [0.25, 0.3) is 0 Å². The summed E-state index contributed by atoms with van der Waals surface area (Å²) < 4.78 is 0. The van der Waals surface area contributed by atoms with Crippen LogP contribution in [0.2, 0.25) is 0 Å². The second kappa shape index (κ2) is 4.64. The van der Waals surface area contributed by atoms with Crippen molar-refractivity contribution >= 4 is 12.0 Å². The van der Waals surface area contributed by atoms with Gasteiger partial charge in [-0.05, 0) is 29.6 Å². The Kier molecular flexibility index (Phi) is 3.51. The van der Waals surface area contributed by atoms with E-state index in [2.05, 4.69) is 38.3 Å². The van der Waals surface area contributed by atoms with Gasteiger partial charge in [-0.25, -0.2) is 9.59 Å². The summed E-state index contributed by atoms with van der Waals surface area (Å²) in [5, 5.41) is 14.9. The van der Waals surface area contributed by atoms with Gasteiger partial charge in [0.15, 0.2) is 0 Å². The number of hydrogen-bond acceptors (Lipinski definition) is 2. The predicted octanol–water partition coefficient (Wildman–Crippen LogP) is 2.37. The Hall–Kier alpha value is -1.26. The monoisotopic (exact) mass is 282 g/mol. The number of rotatable bonds is 4. The lowest BCUT2D eigenvalue weighted by Crippen LogP contribution is -2.55. The minimum absolute atomic E-state index is 0.220. The molecular weight excluding hydrogens is 256 g/mol. The highest BCUT2D eigenvalue weighted by atomic mass is 16.4. The highest BCUT2D eigenvalue weighted by Gasteiger charge is 2.64. The molecule has 2 aliphatic carbocycles. The number of urea groups is 1. The van der Waals surface area contributed by atoms with Crippen molar-refractivity contribution in [2.45, 2.75) is 58.9 Å². The van der Waals surface area contributed by atoms with Crippen LogP contribution >= 0.6 is 0 Å². The van der Waals surface area contributed by atoms with Gasteiger partial charge in [-0.15, -0.1) is 0 Å². The molecule has 0 aromatic heterocycles. The topological polar surface area (TPSA) is 78.4 Å². The lowest BCUT2D eigenvalue weighted by atomic mass is 9.98. The molecule has 0 heterocycles. The number of carboxylic acid groups (broad SMARTS) is 1. The summed E-state index contributed by atoms with van der Waals surface area (Å²) in [6.45, 7) is 9.40. The van der Waals surface area contributed by atoms with Crippen LogP contribution in [0.1, 0.15) is 53.4 Å². The zero-order chi connectivity index (χ0) is 15.2. The Morgan fingerprint density at radius 1 is 1.10 bits per heavy atom. The van der Waals surface area contributed by atoms with Gasteiger partial charge >= 0.3 is 12.0 Å². The molecule has 3 N–H and O–H groups in total.